The lowest BCUT2D eigenvalue weighted by Gasteiger charge is -2.11. The number of rotatable bonds is 4. The number of aryl methyl sites for hydroxylation is 1. The van der Waals surface area contributed by atoms with E-state index in [2.05, 4.69) is 39.6 Å². The van der Waals surface area contributed by atoms with Crippen LogP contribution < -0.4 is 5.32 Å². The molecule has 0 aromatic carbocycles. The zero-order chi connectivity index (χ0) is 11.5. The Balaban J connectivity index is 1.93. The minimum absolute atomic E-state index is 0.333. The van der Waals surface area contributed by atoms with Crippen LogP contribution in [0.5, 0.6) is 0 Å². The summed E-state index contributed by atoms with van der Waals surface area (Å²) in [6, 6.07) is 6.41. The lowest BCUT2D eigenvalue weighted by atomic mass is 10.2. The van der Waals surface area contributed by atoms with Gasteiger partial charge < -0.3 is 9.73 Å². The van der Waals surface area contributed by atoms with Gasteiger partial charge in [0.2, 0.25) is 0 Å². The largest absolute Gasteiger partial charge is 0.465 e. The van der Waals surface area contributed by atoms with Crippen molar-refractivity contribution in [2.45, 2.75) is 26.4 Å². The van der Waals surface area contributed by atoms with Crippen molar-refractivity contribution in [3.8, 4) is 0 Å². The number of thiophene rings is 1. The van der Waals surface area contributed by atoms with Crippen LogP contribution in [0, 0.1) is 6.92 Å². The number of halogens is 1. The molecule has 2 nitrogen and oxygen atoms in total. The Kier molecular flexibility index (Phi) is 3.84. The van der Waals surface area contributed by atoms with Crippen LogP contribution in [-0.2, 0) is 6.54 Å². The summed E-state index contributed by atoms with van der Waals surface area (Å²) < 4.78 is 6.68. The Labute approximate surface area is 108 Å². The number of hydrogen-bond acceptors (Lipinski definition) is 3. The first-order valence-electron chi connectivity index (χ1n) is 5.18. The van der Waals surface area contributed by atoms with Gasteiger partial charge in [-0.15, -0.1) is 11.3 Å². The highest BCUT2D eigenvalue weighted by Gasteiger charge is 2.10. The van der Waals surface area contributed by atoms with E-state index >= 15 is 0 Å². The predicted octanol–water partition coefficient (Wildman–Crippen LogP) is 4.26. The van der Waals surface area contributed by atoms with Gasteiger partial charge in [0.25, 0.3) is 0 Å². The van der Waals surface area contributed by atoms with Crippen LogP contribution >= 0.6 is 27.3 Å². The molecule has 0 aliphatic carbocycles. The van der Waals surface area contributed by atoms with E-state index < -0.39 is 0 Å². The van der Waals surface area contributed by atoms with Crippen LogP contribution in [0.15, 0.2) is 32.5 Å². The molecule has 0 amide bonds. The molecule has 0 saturated heterocycles. The molecule has 0 spiro atoms. The van der Waals surface area contributed by atoms with E-state index in [1.54, 1.807) is 11.3 Å². The van der Waals surface area contributed by atoms with Crippen LogP contribution in [0.2, 0.25) is 0 Å². The highest BCUT2D eigenvalue weighted by Crippen LogP contribution is 2.28. The molecule has 0 aliphatic rings. The molecule has 4 heteroatoms. The molecule has 0 aliphatic heterocycles. The highest BCUT2D eigenvalue weighted by atomic mass is 79.9. The van der Waals surface area contributed by atoms with E-state index in [0.29, 0.717) is 6.04 Å². The molecule has 2 aromatic rings. The van der Waals surface area contributed by atoms with Gasteiger partial charge in [0, 0.05) is 15.4 Å². The SMILES string of the molecule is Cc1ccc(CNC(C)c2sccc2Br)o1. The third kappa shape index (κ3) is 2.75. The summed E-state index contributed by atoms with van der Waals surface area (Å²) in [5, 5.41) is 5.53. The first-order chi connectivity index (χ1) is 7.66. The zero-order valence-electron chi connectivity index (χ0n) is 9.29. The molecule has 2 heterocycles. The van der Waals surface area contributed by atoms with Gasteiger partial charge in [-0.25, -0.2) is 0 Å². The van der Waals surface area contributed by atoms with Crippen molar-refractivity contribution in [1.29, 1.82) is 0 Å². The average molecular weight is 300 g/mol. The van der Waals surface area contributed by atoms with E-state index in [1.165, 1.54) is 9.35 Å². The fourth-order valence-electron chi connectivity index (χ4n) is 1.54. The summed E-state index contributed by atoms with van der Waals surface area (Å²) in [4.78, 5) is 1.32. The topological polar surface area (TPSA) is 25.2 Å². The molecule has 0 saturated carbocycles. The average Bonchev–Trinajstić information content (AvgIpc) is 2.84. The van der Waals surface area contributed by atoms with Gasteiger partial charge in [0.05, 0.1) is 6.54 Å². The molecular formula is C12H14BrNOS. The molecule has 16 heavy (non-hydrogen) atoms. The van der Waals surface area contributed by atoms with Gasteiger partial charge in [0.15, 0.2) is 0 Å². The Morgan fingerprint density at radius 1 is 1.44 bits per heavy atom. The number of furan rings is 1. The van der Waals surface area contributed by atoms with Gasteiger partial charge in [-0.2, -0.15) is 0 Å². The maximum atomic E-state index is 5.51. The second-order valence-corrected chi connectivity index (χ2v) is 5.55. The third-order valence-electron chi connectivity index (χ3n) is 2.42. The van der Waals surface area contributed by atoms with Gasteiger partial charge in [-0.05, 0) is 53.4 Å². The predicted molar refractivity (Wildman–Crippen MR) is 70.7 cm³/mol. The normalized spacial score (nSPS) is 12.9. The Bertz CT molecular complexity index is 463. The standard InChI is InChI=1S/C12H14BrNOS/c1-8-3-4-10(15-8)7-14-9(2)12-11(13)5-6-16-12/h3-6,9,14H,7H2,1-2H3. The minimum atomic E-state index is 0.333. The van der Waals surface area contributed by atoms with E-state index in [1.807, 2.05) is 19.1 Å². The summed E-state index contributed by atoms with van der Waals surface area (Å²) in [6.07, 6.45) is 0. The second-order valence-electron chi connectivity index (χ2n) is 3.75. The van der Waals surface area contributed by atoms with Crippen molar-refractivity contribution in [2.24, 2.45) is 0 Å². The molecule has 2 rings (SSSR count). The summed E-state index contributed by atoms with van der Waals surface area (Å²) >= 11 is 5.30. The van der Waals surface area contributed by atoms with Gasteiger partial charge in [0.1, 0.15) is 11.5 Å². The van der Waals surface area contributed by atoms with Crippen molar-refractivity contribution in [1.82, 2.24) is 5.32 Å². The lowest BCUT2D eigenvalue weighted by molar-refractivity contribution is 0.445. The molecular weight excluding hydrogens is 286 g/mol. The third-order valence-corrected chi connectivity index (χ3v) is 4.47. The monoisotopic (exact) mass is 299 g/mol. The van der Waals surface area contributed by atoms with Crippen LogP contribution in [0.4, 0.5) is 0 Å². The Hall–Kier alpha value is -0.580. The summed E-state index contributed by atoms with van der Waals surface area (Å²) in [5.74, 6) is 1.94. The fourth-order valence-corrected chi connectivity index (χ4v) is 3.29. The van der Waals surface area contributed by atoms with Crippen molar-refractivity contribution in [3.63, 3.8) is 0 Å². The molecule has 1 atom stereocenters. The molecule has 0 fully saturated rings. The summed E-state index contributed by atoms with van der Waals surface area (Å²) in [6.45, 7) is 4.88. The van der Waals surface area contributed by atoms with E-state index in [4.69, 9.17) is 4.42 Å². The Morgan fingerprint density at radius 3 is 2.81 bits per heavy atom. The Morgan fingerprint density at radius 2 is 2.25 bits per heavy atom. The van der Waals surface area contributed by atoms with Crippen LogP contribution in [-0.4, -0.2) is 0 Å². The minimum Gasteiger partial charge on any atom is -0.465 e. The summed E-state index contributed by atoms with van der Waals surface area (Å²) in [5.41, 5.74) is 0. The van der Waals surface area contributed by atoms with E-state index in [9.17, 15) is 0 Å². The van der Waals surface area contributed by atoms with Crippen molar-refractivity contribution < 1.29 is 4.42 Å². The highest BCUT2D eigenvalue weighted by molar-refractivity contribution is 9.10. The summed E-state index contributed by atoms with van der Waals surface area (Å²) in [7, 11) is 0. The number of hydrogen-bond donors (Lipinski definition) is 1. The van der Waals surface area contributed by atoms with E-state index in [0.717, 1.165) is 18.1 Å². The fraction of sp³-hybridized carbons (Fsp3) is 0.333. The van der Waals surface area contributed by atoms with Crippen molar-refractivity contribution in [2.75, 3.05) is 0 Å². The molecule has 86 valence electrons. The maximum Gasteiger partial charge on any atom is 0.117 e. The van der Waals surface area contributed by atoms with Crippen molar-refractivity contribution in [3.05, 3.63) is 44.4 Å². The molecule has 2 aromatic heterocycles. The van der Waals surface area contributed by atoms with Crippen LogP contribution in [0.1, 0.15) is 29.4 Å². The lowest BCUT2D eigenvalue weighted by Crippen LogP contribution is -2.17. The smallest absolute Gasteiger partial charge is 0.117 e. The molecule has 1 N–H and O–H groups in total. The molecule has 1 unspecified atom stereocenters. The van der Waals surface area contributed by atoms with Crippen molar-refractivity contribution >= 4 is 27.3 Å². The number of nitrogens with one attached hydrogen (secondary N) is 1. The quantitative estimate of drug-likeness (QED) is 0.912. The maximum absolute atomic E-state index is 5.51. The first kappa shape index (κ1) is 11.9. The van der Waals surface area contributed by atoms with E-state index in [-0.39, 0.29) is 0 Å². The van der Waals surface area contributed by atoms with Gasteiger partial charge >= 0.3 is 0 Å². The molecule has 0 bridgehead atoms. The molecule has 0 radical (unpaired) electrons. The zero-order valence-corrected chi connectivity index (χ0v) is 11.7. The van der Waals surface area contributed by atoms with Gasteiger partial charge in [-0.1, -0.05) is 0 Å². The van der Waals surface area contributed by atoms with Crippen LogP contribution in [0.3, 0.4) is 0 Å². The first-order valence-corrected chi connectivity index (χ1v) is 6.85. The second kappa shape index (κ2) is 5.17. The van der Waals surface area contributed by atoms with Gasteiger partial charge in [-0.3, -0.25) is 0 Å². The van der Waals surface area contributed by atoms with Crippen LogP contribution in [0.25, 0.3) is 0 Å².